The number of hydrogen-bond donors (Lipinski definition) is 1. The summed E-state index contributed by atoms with van der Waals surface area (Å²) in [4.78, 5) is 26.2. The van der Waals surface area contributed by atoms with Crippen molar-refractivity contribution >= 4 is 44.2 Å². The van der Waals surface area contributed by atoms with Gasteiger partial charge in [-0.25, -0.2) is 0 Å². The van der Waals surface area contributed by atoms with Gasteiger partial charge in [0.05, 0.1) is 30.7 Å². The molecule has 2 aromatic carbocycles. The van der Waals surface area contributed by atoms with E-state index < -0.39 is 0 Å². The van der Waals surface area contributed by atoms with Gasteiger partial charge in [-0.1, -0.05) is 30.3 Å². The number of esters is 1. The average molecular weight is 461 g/mol. The summed E-state index contributed by atoms with van der Waals surface area (Å²) < 4.78 is 8.33. The van der Waals surface area contributed by atoms with Gasteiger partial charge in [-0.15, -0.1) is 11.3 Å². The molecule has 1 saturated carbocycles. The van der Waals surface area contributed by atoms with E-state index in [2.05, 4.69) is 58.5 Å². The number of carbonyl (C=O) groups excluding carboxylic acids is 2. The number of thiophene rings is 1. The lowest BCUT2D eigenvalue weighted by Crippen LogP contribution is -2.32. The molecule has 0 radical (unpaired) electrons. The fraction of sp³-hybridized carbons (Fsp3) is 0.333. The molecular weight excluding hydrogens is 432 g/mol. The van der Waals surface area contributed by atoms with Gasteiger partial charge in [0.25, 0.3) is 5.91 Å². The highest BCUT2D eigenvalue weighted by Crippen LogP contribution is 2.30. The Bertz CT molecular complexity index is 1260. The van der Waals surface area contributed by atoms with Crippen LogP contribution in [0.2, 0.25) is 0 Å². The topological polar surface area (TPSA) is 60.3 Å². The SMILES string of the molecule is COC(=O)C1CCC(CNC(=O)c2cccc3ccn(Cc4cc5ccccc5s4)c23)CC1. The molecule has 0 atom stereocenters. The van der Waals surface area contributed by atoms with Gasteiger partial charge in [0, 0.05) is 27.7 Å². The molecule has 0 unspecified atom stereocenters. The third kappa shape index (κ3) is 4.53. The predicted octanol–water partition coefficient (Wildman–Crippen LogP) is 5.61. The molecule has 0 aliphatic heterocycles. The average Bonchev–Trinajstić information content (AvgIpc) is 3.46. The molecule has 1 fully saturated rings. The highest BCUT2D eigenvalue weighted by atomic mass is 32.1. The first-order valence-electron chi connectivity index (χ1n) is 11.5. The summed E-state index contributed by atoms with van der Waals surface area (Å²) >= 11 is 1.80. The maximum absolute atomic E-state index is 13.2. The van der Waals surface area contributed by atoms with Crippen LogP contribution >= 0.6 is 11.3 Å². The number of para-hydroxylation sites is 1. The molecule has 6 heteroatoms. The summed E-state index contributed by atoms with van der Waals surface area (Å²) in [5.41, 5.74) is 1.68. The standard InChI is InChI=1S/C27H28N2O3S/c1-32-27(31)20-11-9-18(10-12-20)16-28-26(30)23-7-4-6-19-13-14-29(25(19)23)17-22-15-21-5-2-3-8-24(21)33-22/h2-8,13-15,18,20H,9-12,16-17H2,1H3,(H,28,30). The maximum atomic E-state index is 13.2. The Kier molecular flexibility index (Phi) is 6.18. The van der Waals surface area contributed by atoms with Crippen LogP contribution in [-0.2, 0) is 16.1 Å². The van der Waals surface area contributed by atoms with E-state index in [0.717, 1.165) is 43.1 Å². The Morgan fingerprint density at radius 1 is 1.03 bits per heavy atom. The van der Waals surface area contributed by atoms with Crippen LogP contribution in [0.1, 0.15) is 40.9 Å². The van der Waals surface area contributed by atoms with E-state index >= 15 is 0 Å². The Morgan fingerprint density at radius 2 is 1.82 bits per heavy atom. The van der Waals surface area contributed by atoms with Crippen LogP contribution in [0.4, 0.5) is 0 Å². The summed E-state index contributed by atoms with van der Waals surface area (Å²) in [5.74, 6) is 0.266. The minimum absolute atomic E-state index is 0.00729. The molecule has 2 heterocycles. The number of nitrogens with one attached hydrogen (secondary N) is 1. The van der Waals surface area contributed by atoms with Gasteiger partial charge in [-0.05, 0) is 61.3 Å². The van der Waals surface area contributed by atoms with E-state index in [4.69, 9.17) is 4.74 Å². The van der Waals surface area contributed by atoms with Gasteiger partial charge in [0.2, 0.25) is 0 Å². The number of fused-ring (bicyclic) bond motifs is 2. The number of benzene rings is 2. The highest BCUT2D eigenvalue weighted by molar-refractivity contribution is 7.19. The predicted molar refractivity (Wildman–Crippen MR) is 133 cm³/mol. The maximum Gasteiger partial charge on any atom is 0.308 e. The van der Waals surface area contributed by atoms with E-state index in [1.165, 1.54) is 22.1 Å². The van der Waals surface area contributed by atoms with Crippen molar-refractivity contribution in [3.8, 4) is 0 Å². The molecule has 1 aliphatic carbocycles. The minimum atomic E-state index is -0.108. The molecule has 0 saturated heterocycles. The summed E-state index contributed by atoms with van der Waals surface area (Å²) in [6.45, 7) is 1.38. The Hall–Kier alpha value is -3.12. The fourth-order valence-corrected chi connectivity index (χ4v) is 6.02. The Labute approximate surface area is 197 Å². The molecule has 4 aromatic rings. The zero-order chi connectivity index (χ0) is 22.8. The van der Waals surface area contributed by atoms with Crippen LogP contribution in [-0.4, -0.2) is 30.1 Å². The number of aromatic nitrogens is 1. The molecule has 170 valence electrons. The summed E-state index contributed by atoms with van der Waals surface area (Å²) in [7, 11) is 1.45. The number of hydrogen-bond acceptors (Lipinski definition) is 4. The van der Waals surface area contributed by atoms with Crippen molar-refractivity contribution in [1.29, 1.82) is 0 Å². The molecule has 1 aliphatic rings. The number of carbonyl (C=O) groups is 2. The lowest BCUT2D eigenvalue weighted by atomic mass is 9.82. The molecule has 33 heavy (non-hydrogen) atoms. The third-order valence-corrected chi connectivity index (χ3v) is 7.87. The van der Waals surface area contributed by atoms with Crippen molar-refractivity contribution in [2.45, 2.75) is 32.2 Å². The van der Waals surface area contributed by atoms with Crippen LogP contribution in [0.15, 0.2) is 60.8 Å². The number of amides is 1. The van der Waals surface area contributed by atoms with Gasteiger partial charge in [-0.2, -0.15) is 0 Å². The second-order valence-corrected chi connectivity index (χ2v) is 10.1. The first kappa shape index (κ1) is 21.7. The third-order valence-electron chi connectivity index (χ3n) is 6.77. The van der Waals surface area contributed by atoms with Crippen LogP contribution in [0.5, 0.6) is 0 Å². The summed E-state index contributed by atoms with van der Waals surface area (Å²) in [6.07, 6.45) is 5.61. The molecular formula is C27H28N2O3S. The molecule has 0 spiro atoms. The van der Waals surface area contributed by atoms with E-state index in [9.17, 15) is 9.59 Å². The molecule has 2 aromatic heterocycles. The van der Waals surface area contributed by atoms with Crippen molar-refractivity contribution in [3.63, 3.8) is 0 Å². The monoisotopic (exact) mass is 460 g/mol. The van der Waals surface area contributed by atoms with E-state index in [1.807, 2.05) is 12.1 Å². The molecule has 1 N–H and O–H groups in total. The highest BCUT2D eigenvalue weighted by Gasteiger charge is 2.27. The van der Waals surface area contributed by atoms with Crippen LogP contribution in [0.25, 0.3) is 21.0 Å². The van der Waals surface area contributed by atoms with Crippen molar-refractivity contribution in [2.24, 2.45) is 11.8 Å². The lowest BCUT2D eigenvalue weighted by Gasteiger charge is -2.27. The van der Waals surface area contributed by atoms with Gasteiger partial charge in [0.1, 0.15) is 0 Å². The van der Waals surface area contributed by atoms with E-state index in [1.54, 1.807) is 11.3 Å². The zero-order valence-corrected chi connectivity index (χ0v) is 19.6. The van der Waals surface area contributed by atoms with Crippen molar-refractivity contribution < 1.29 is 14.3 Å². The zero-order valence-electron chi connectivity index (χ0n) is 18.8. The molecule has 5 nitrogen and oxygen atoms in total. The van der Waals surface area contributed by atoms with E-state index in [0.29, 0.717) is 18.0 Å². The fourth-order valence-electron chi connectivity index (χ4n) is 4.96. The Morgan fingerprint density at radius 3 is 2.61 bits per heavy atom. The first-order chi connectivity index (χ1) is 16.1. The van der Waals surface area contributed by atoms with Gasteiger partial charge < -0.3 is 14.6 Å². The number of ether oxygens (including phenoxy) is 1. The summed E-state index contributed by atoms with van der Waals surface area (Å²) in [6, 6.07) is 18.6. The van der Waals surface area contributed by atoms with Crippen LogP contribution in [0, 0.1) is 11.8 Å². The number of nitrogens with zero attached hydrogens (tertiary/aromatic N) is 1. The quantitative estimate of drug-likeness (QED) is 0.380. The lowest BCUT2D eigenvalue weighted by molar-refractivity contribution is -0.146. The van der Waals surface area contributed by atoms with Crippen molar-refractivity contribution in [1.82, 2.24) is 9.88 Å². The molecule has 1 amide bonds. The molecule has 0 bridgehead atoms. The molecule has 5 rings (SSSR count). The van der Waals surface area contributed by atoms with Gasteiger partial charge >= 0.3 is 5.97 Å². The van der Waals surface area contributed by atoms with Crippen molar-refractivity contribution in [2.75, 3.05) is 13.7 Å². The second kappa shape index (κ2) is 9.40. The summed E-state index contributed by atoms with van der Waals surface area (Å²) in [5, 5.41) is 5.49. The Balaban J connectivity index is 1.29. The van der Waals surface area contributed by atoms with Crippen molar-refractivity contribution in [3.05, 3.63) is 71.2 Å². The van der Waals surface area contributed by atoms with Crippen LogP contribution < -0.4 is 5.32 Å². The minimum Gasteiger partial charge on any atom is -0.469 e. The van der Waals surface area contributed by atoms with Gasteiger partial charge in [-0.3, -0.25) is 9.59 Å². The first-order valence-corrected chi connectivity index (χ1v) is 12.4. The number of rotatable bonds is 6. The normalized spacial score (nSPS) is 18.5. The van der Waals surface area contributed by atoms with Crippen LogP contribution in [0.3, 0.4) is 0 Å². The van der Waals surface area contributed by atoms with E-state index in [-0.39, 0.29) is 17.8 Å². The smallest absolute Gasteiger partial charge is 0.308 e. The van der Waals surface area contributed by atoms with Gasteiger partial charge in [0.15, 0.2) is 0 Å². The second-order valence-electron chi connectivity index (χ2n) is 8.89. The number of methoxy groups -OCH3 is 1. The largest absolute Gasteiger partial charge is 0.469 e.